The molecule has 4 heteroatoms. The van der Waals surface area contributed by atoms with E-state index in [4.69, 9.17) is 9.47 Å². The molecule has 1 heterocycles. The maximum atomic E-state index is 11.5. The number of carbonyl (C=O) groups excluding carboxylic acids is 2. The van der Waals surface area contributed by atoms with E-state index in [9.17, 15) is 9.59 Å². The van der Waals surface area contributed by atoms with Crippen LogP contribution in [0.3, 0.4) is 0 Å². The third-order valence-electron chi connectivity index (χ3n) is 3.16. The predicted octanol–water partition coefficient (Wildman–Crippen LogP) is 1.28. The predicted molar refractivity (Wildman–Crippen MR) is 49.5 cm³/mol. The Labute approximate surface area is 83.6 Å². The first-order valence-corrected chi connectivity index (χ1v) is 4.64. The van der Waals surface area contributed by atoms with Gasteiger partial charge in [-0.05, 0) is 27.2 Å². The summed E-state index contributed by atoms with van der Waals surface area (Å²) in [6.07, 6.45) is 0.935. The number of esters is 2. The Bertz CT molecular complexity index is 269. The van der Waals surface area contributed by atoms with Crippen LogP contribution in [0.4, 0.5) is 0 Å². The second kappa shape index (κ2) is 3.26. The molecular formula is C10H16O4. The highest BCUT2D eigenvalue weighted by Crippen LogP contribution is 2.42. The zero-order chi connectivity index (χ0) is 11.0. The van der Waals surface area contributed by atoms with Gasteiger partial charge in [0.2, 0.25) is 0 Å². The molecule has 0 aliphatic carbocycles. The summed E-state index contributed by atoms with van der Waals surface area (Å²) in [6.45, 7) is 5.24. The topological polar surface area (TPSA) is 52.6 Å². The van der Waals surface area contributed by atoms with Gasteiger partial charge in [0.05, 0.1) is 7.11 Å². The second-order valence-corrected chi connectivity index (χ2v) is 4.32. The number of hydrogen-bond donors (Lipinski definition) is 0. The SMILES string of the molecule is COC(=O)C(C)(C)C1(C)CCC(=O)O1. The number of hydrogen-bond acceptors (Lipinski definition) is 4. The standard InChI is InChI=1S/C10H16O4/c1-9(2,8(12)13-4)10(3)6-5-7(11)14-10/h5-6H2,1-4H3. The first-order valence-electron chi connectivity index (χ1n) is 4.64. The molecule has 0 saturated carbocycles. The molecule has 80 valence electrons. The van der Waals surface area contributed by atoms with Crippen LogP contribution in [0, 0.1) is 5.41 Å². The highest BCUT2D eigenvalue weighted by atomic mass is 16.6. The smallest absolute Gasteiger partial charge is 0.315 e. The van der Waals surface area contributed by atoms with Gasteiger partial charge in [-0.15, -0.1) is 0 Å². The number of methoxy groups -OCH3 is 1. The largest absolute Gasteiger partial charge is 0.468 e. The number of cyclic esters (lactones) is 1. The zero-order valence-corrected chi connectivity index (χ0v) is 9.05. The van der Waals surface area contributed by atoms with Crippen LogP contribution in [-0.2, 0) is 19.1 Å². The van der Waals surface area contributed by atoms with Gasteiger partial charge < -0.3 is 9.47 Å². The van der Waals surface area contributed by atoms with Crippen molar-refractivity contribution in [3.8, 4) is 0 Å². The van der Waals surface area contributed by atoms with Gasteiger partial charge in [0.15, 0.2) is 0 Å². The van der Waals surface area contributed by atoms with Crippen LogP contribution >= 0.6 is 0 Å². The Morgan fingerprint density at radius 2 is 2.14 bits per heavy atom. The normalized spacial score (nSPS) is 27.3. The van der Waals surface area contributed by atoms with Crippen molar-refractivity contribution in [2.24, 2.45) is 5.41 Å². The minimum Gasteiger partial charge on any atom is -0.468 e. The van der Waals surface area contributed by atoms with E-state index in [0.29, 0.717) is 12.8 Å². The molecule has 0 spiro atoms. The molecule has 0 radical (unpaired) electrons. The molecule has 0 aromatic carbocycles. The summed E-state index contributed by atoms with van der Waals surface area (Å²) < 4.78 is 9.89. The van der Waals surface area contributed by atoms with Crippen molar-refractivity contribution in [1.29, 1.82) is 0 Å². The van der Waals surface area contributed by atoms with E-state index in [0.717, 1.165) is 0 Å². The lowest BCUT2D eigenvalue weighted by Crippen LogP contribution is -2.47. The summed E-state index contributed by atoms with van der Waals surface area (Å²) in [5.41, 5.74) is -1.54. The lowest BCUT2D eigenvalue weighted by Gasteiger charge is -2.36. The van der Waals surface area contributed by atoms with E-state index in [2.05, 4.69) is 0 Å². The molecule has 1 fully saturated rings. The molecular weight excluding hydrogens is 184 g/mol. The van der Waals surface area contributed by atoms with E-state index >= 15 is 0 Å². The highest BCUT2D eigenvalue weighted by molar-refractivity contribution is 5.80. The zero-order valence-electron chi connectivity index (χ0n) is 9.05. The van der Waals surface area contributed by atoms with Crippen LogP contribution in [0.25, 0.3) is 0 Å². The molecule has 1 aliphatic rings. The Morgan fingerprint density at radius 1 is 1.57 bits per heavy atom. The minimum atomic E-state index is -0.798. The van der Waals surface area contributed by atoms with Crippen LogP contribution in [-0.4, -0.2) is 24.6 Å². The molecule has 1 atom stereocenters. The maximum Gasteiger partial charge on any atom is 0.315 e. The Kier molecular flexibility index (Phi) is 2.56. The van der Waals surface area contributed by atoms with E-state index < -0.39 is 11.0 Å². The first kappa shape index (κ1) is 11.0. The summed E-state index contributed by atoms with van der Waals surface area (Å²) in [5, 5.41) is 0. The summed E-state index contributed by atoms with van der Waals surface area (Å²) >= 11 is 0. The second-order valence-electron chi connectivity index (χ2n) is 4.32. The van der Waals surface area contributed by atoms with Crippen LogP contribution in [0.5, 0.6) is 0 Å². The van der Waals surface area contributed by atoms with Gasteiger partial charge >= 0.3 is 11.9 Å². The van der Waals surface area contributed by atoms with Crippen LogP contribution in [0.15, 0.2) is 0 Å². The number of ether oxygens (including phenoxy) is 2. The van der Waals surface area contributed by atoms with Crippen LogP contribution in [0.2, 0.25) is 0 Å². The van der Waals surface area contributed by atoms with Gasteiger partial charge in [-0.3, -0.25) is 9.59 Å². The monoisotopic (exact) mass is 200 g/mol. The van der Waals surface area contributed by atoms with Crippen molar-refractivity contribution in [3.63, 3.8) is 0 Å². The fourth-order valence-electron chi connectivity index (χ4n) is 1.61. The van der Waals surface area contributed by atoms with Crippen molar-refractivity contribution in [1.82, 2.24) is 0 Å². The molecule has 0 aromatic heterocycles. The summed E-state index contributed by atoms with van der Waals surface area (Å²) in [6, 6.07) is 0. The van der Waals surface area contributed by atoms with E-state index in [1.165, 1.54) is 7.11 Å². The van der Waals surface area contributed by atoms with Gasteiger partial charge in [0.25, 0.3) is 0 Å². The van der Waals surface area contributed by atoms with Gasteiger partial charge in [-0.2, -0.15) is 0 Å². The quantitative estimate of drug-likeness (QED) is 0.630. The molecule has 0 amide bonds. The van der Waals surface area contributed by atoms with Crippen LogP contribution < -0.4 is 0 Å². The van der Waals surface area contributed by atoms with E-state index in [1.807, 2.05) is 0 Å². The van der Waals surface area contributed by atoms with Crippen molar-refractivity contribution < 1.29 is 19.1 Å². The molecule has 1 saturated heterocycles. The molecule has 0 N–H and O–H groups in total. The average Bonchev–Trinajstić information content (AvgIpc) is 2.46. The van der Waals surface area contributed by atoms with Crippen molar-refractivity contribution in [3.05, 3.63) is 0 Å². The number of rotatable bonds is 2. The lowest BCUT2D eigenvalue weighted by molar-refractivity contribution is -0.174. The molecule has 14 heavy (non-hydrogen) atoms. The summed E-state index contributed by atoms with van der Waals surface area (Å²) in [5.74, 6) is -0.598. The molecule has 1 aliphatic heterocycles. The third-order valence-corrected chi connectivity index (χ3v) is 3.16. The van der Waals surface area contributed by atoms with Crippen molar-refractivity contribution in [2.45, 2.75) is 39.2 Å². The Balaban J connectivity index is 2.91. The van der Waals surface area contributed by atoms with Crippen molar-refractivity contribution >= 4 is 11.9 Å². The summed E-state index contributed by atoms with van der Waals surface area (Å²) in [7, 11) is 1.34. The highest BCUT2D eigenvalue weighted by Gasteiger charge is 2.53. The maximum absolute atomic E-state index is 11.5. The van der Waals surface area contributed by atoms with E-state index in [1.54, 1.807) is 20.8 Å². The molecule has 0 bridgehead atoms. The fraction of sp³-hybridized carbons (Fsp3) is 0.800. The van der Waals surface area contributed by atoms with Crippen LogP contribution in [0.1, 0.15) is 33.6 Å². The van der Waals surface area contributed by atoms with Gasteiger partial charge in [-0.25, -0.2) is 0 Å². The van der Waals surface area contributed by atoms with Gasteiger partial charge in [0, 0.05) is 6.42 Å². The lowest BCUT2D eigenvalue weighted by atomic mass is 9.74. The number of carbonyl (C=O) groups is 2. The Hall–Kier alpha value is -1.06. The molecule has 4 nitrogen and oxygen atoms in total. The van der Waals surface area contributed by atoms with Crippen molar-refractivity contribution in [2.75, 3.05) is 7.11 Å². The van der Waals surface area contributed by atoms with Gasteiger partial charge in [-0.1, -0.05) is 0 Å². The third kappa shape index (κ3) is 1.49. The minimum absolute atomic E-state index is 0.246. The van der Waals surface area contributed by atoms with E-state index in [-0.39, 0.29) is 11.9 Å². The Morgan fingerprint density at radius 3 is 2.50 bits per heavy atom. The fourth-order valence-corrected chi connectivity index (χ4v) is 1.61. The molecule has 1 unspecified atom stereocenters. The molecule has 0 aromatic rings. The first-order chi connectivity index (χ1) is 6.33. The average molecular weight is 200 g/mol. The molecule has 1 rings (SSSR count). The summed E-state index contributed by atoms with van der Waals surface area (Å²) in [4.78, 5) is 22.6. The van der Waals surface area contributed by atoms with Gasteiger partial charge in [0.1, 0.15) is 11.0 Å².